The third kappa shape index (κ3) is 3.83. The number of nitrogens with two attached hydrogens (primary N) is 1. The Morgan fingerprint density at radius 1 is 1.60 bits per heavy atom. The molecule has 7 heteroatoms. The first-order valence-corrected chi connectivity index (χ1v) is 7.83. The van der Waals surface area contributed by atoms with E-state index in [0.29, 0.717) is 24.1 Å². The smallest absolute Gasteiger partial charge is 0.265 e. The molecular formula is C13H22N4O2S. The van der Waals surface area contributed by atoms with E-state index in [2.05, 4.69) is 15.6 Å². The lowest BCUT2D eigenvalue weighted by atomic mass is 9.93. The van der Waals surface area contributed by atoms with Crippen molar-refractivity contribution in [3.63, 3.8) is 0 Å². The van der Waals surface area contributed by atoms with Crippen molar-refractivity contribution in [3.8, 4) is 0 Å². The normalized spacial score (nSPS) is 16.5. The third-order valence-electron chi connectivity index (χ3n) is 3.24. The van der Waals surface area contributed by atoms with Gasteiger partial charge in [-0.25, -0.2) is 4.98 Å². The van der Waals surface area contributed by atoms with Gasteiger partial charge in [0, 0.05) is 18.7 Å². The number of hydrogen-bond donors (Lipinski definition) is 3. The van der Waals surface area contributed by atoms with Crippen molar-refractivity contribution >= 4 is 28.2 Å². The maximum absolute atomic E-state index is 12.1. The minimum atomic E-state index is -0.186. The Bertz CT molecular complexity index is 459. The summed E-state index contributed by atoms with van der Waals surface area (Å²) >= 11 is 1.31. The van der Waals surface area contributed by atoms with Crippen LogP contribution in [-0.2, 0) is 4.74 Å². The number of thiazole rings is 1. The lowest BCUT2D eigenvalue weighted by Crippen LogP contribution is -2.35. The summed E-state index contributed by atoms with van der Waals surface area (Å²) in [6.45, 7) is 4.96. The van der Waals surface area contributed by atoms with E-state index in [9.17, 15) is 4.79 Å². The molecule has 20 heavy (non-hydrogen) atoms. The van der Waals surface area contributed by atoms with Gasteiger partial charge in [-0.15, -0.1) is 0 Å². The average molecular weight is 298 g/mol. The lowest BCUT2D eigenvalue weighted by molar-refractivity contribution is 0.0876. The first-order chi connectivity index (χ1) is 9.60. The summed E-state index contributed by atoms with van der Waals surface area (Å²) in [5.74, 6) is 0.104. The minimum Gasteiger partial charge on any atom is -0.382 e. The molecule has 1 aromatic rings. The van der Waals surface area contributed by atoms with Gasteiger partial charge in [0.1, 0.15) is 10.7 Å². The van der Waals surface area contributed by atoms with Crippen LogP contribution in [0.5, 0.6) is 0 Å². The number of nitrogens with one attached hydrogen (secondary N) is 2. The molecule has 0 bridgehead atoms. The van der Waals surface area contributed by atoms with Crippen molar-refractivity contribution in [1.29, 1.82) is 0 Å². The van der Waals surface area contributed by atoms with E-state index >= 15 is 0 Å². The Morgan fingerprint density at radius 3 is 2.95 bits per heavy atom. The summed E-state index contributed by atoms with van der Waals surface area (Å²) in [5, 5.41) is 6.90. The monoisotopic (exact) mass is 298 g/mol. The van der Waals surface area contributed by atoms with Gasteiger partial charge in [-0.1, -0.05) is 11.3 Å². The van der Waals surface area contributed by atoms with Crippen LogP contribution in [0.4, 0.5) is 10.9 Å². The molecule has 4 N–H and O–H groups in total. The summed E-state index contributed by atoms with van der Waals surface area (Å²) in [5.41, 5.74) is 5.82. The molecule has 1 aliphatic carbocycles. The van der Waals surface area contributed by atoms with Gasteiger partial charge in [-0.05, 0) is 33.1 Å². The zero-order valence-corrected chi connectivity index (χ0v) is 12.8. The standard InChI is InChI=1S/C13H22N4O2S/c1-3-19-7-8(2)15-12(18)10-11(14)17-13(20-10)16-9-5-4-6-9/h8-9H,3-7,14H2,1-2H3,(H,15,18)(H,16,17). The number of nitrogens with zero attached hydrogens (tertiary/aromatic N) is 1. The summed E-state index contributed by atoms with van der Waals surface area (Å²) in [6.07, 6.45) is 3.57. The van der Waals surface area contributed by atoms with Gasteiger partial charge >= 0.3 is 0 Å². The molecule has 1 fully saturated rings. The Kier molecular flexibility index (Phi) is 5.19. The number of nitrogen functional groups attached to an aromatic ring is 1. The van der Waals surface area contributed by atoms with Crippen LogP contribution in [0.1, 0.15) is 42.8 Å². The van der Waals surface area contributed by atoms with Crippen molar-refractivity contribution in [2.75, 3.05) is 24.3 Å². The van der Waals surface area contributed by atoms with E-state index in [4.69, 9.17) is 10.5 Å². The fraction of sp³-hybridized carbons (Fsp3) is 0.692. The summed E-state index contributed by atoms with van der Waals surface area (Å²) in [4.78, 5) is 16.8. The highest BCUT2D eigenvalue weighted by molar-refractivity contribution is 7.18. The second kappa shape index (κ2) is 6.90. The summed E-state index contributed by atoms with van der Waals surface area (Å²) in [6, 6.07) is 0.431. The van der Waals surface area contributed by atoms with Gasteiger partial charge in [0.2, 0.25) is 0 Å². The predicted octanol–water partition coefficient (Wildman–Crippen LogP) is 1.84. The van der Waals surface area contributed by atoms with E-state index in [1.807, 2.05) is 13.8 Å². The largest absolute Gasteiger partial charge is 0.382 e. The zero-order chi connectivity index (χ0) is 14.5. The van der Waals surface area contributed by atoms with Gasteiger partial charge in [0.05, 0.1) is 6.61 Å². The Morgan fingerprint density at radius 2 is 2.35 bits per heavy atom. The first kappa shape index (κ1) is 15.1. The molecule has 1 saturated carbocycles. The van der Waals surface area contributed by atoms with Gasteiger partial charge in [-0.3, -0.25) is 4.79 Å². The van der Waals surface area contributed by atoms with Crippen molar-refractivity contribution in [2.45, 2.75) is 45.2 Å². The fourth-order valence-corrected chi connectivity index (χ4v) is 2.77. The quantitative estimate of drug-likeness (QED) is 0.715. The molecule has 1 atom stereocenters. The highest BCUT2D eigenvalue weighted by atomic mass is 32.1. The number of rotatable bonds is 7. The van der Waals surface area contributed by atoms with Crippen LogP contribution in [0, 0.1) is 0 Å². The predicted molar refractivity (Wildman–Crippen MR) is 81.2 cm³/mol. The topological polar surface area (TPSA) is 89.3 Å². The van der Waals surface area contributed by atoms with Crippen LogP contribution >= 0.6 is 11.3 Å². The van der Waals surface area contributed by atoms with Crippen LogP contribution in [0.3, 0.4) is 0 Å². The number of hydrogen-bond acceptors (Lipinski definition) is 6. The van der Waals surface area contributed by atoms with Gasteiger partial charge in [-0.2, -0.15) is 0 Å². The number of carbonyl (C=O) groups is 1. The average Bonchev–Trinajstić information content (AvgIpc) is 2.72. The van der Waals surface area contributed by atoms with Crippen molar-refractivity contribution in [2.24, 2.45) is 0 Å². The molecule has 0 spiro atoms. The number of carbonyl (C=O) groups excluding carboxylic acids is 1. The Labute approximate surface area is 123 Å². The Hall–Kier alpha value is -1.34. The van der Waals surface area contributed by atoms with E-state index < -0.39 is 0 Å². The van der Waals surface area contributed by atoms with Crippen molar-refractivity contribution in [1.82, 2.24) is 10.3 Å². The van der Waals surface area contributed by atoms with Gasteiger partial charge < -0.3 is 21.1 Å². The van der Waals surface area contributed by atoms with E-state index in [1.54, 1.807) is 0 Å². The van der Waals surface area contributed by atoms with Crippen LogP contribution in [0.25, 0.3) is 0 Å². The van der Waals surface area contributed by atoms with Crippen molar-refractivity contribution in [3.05, 3.63) is 4.88 Å². The number of aromatic nitrogens is 1. The molecule has 1 aliphatic rings. The maximum Gasteiger partial charge on any atom is 0.265 e. The molecule has 1 unspecified atom stereocenters. The molecule has 1 heterocycles. The number of anilines is 2. The SMILES string of the molecule is CCOCC(C)NC(=O)c1sc(NC2CCC2)nc1N. The highest BCUT2D eigenvalue weighted by Gasteiger charge is 2.22. The molecule has 0 aliphatic heterocycles. The maximum atomic E-state index is 12.1. The van der Waals surface area contributed by atoms with E-state index in [1.165, 1.54) is 17.8 Å². The molecule has 1 aromatic heterocycles. The van der Waals surface area contributed by atoms with E-state index in [-0.39, 0.29) is 17.8 Å². The lowest BCUT2D eigenvalue weighted by Gasteiger charge is -2.25. The second-order valence-corrected chi connectivity index (χ2v) is 6.04. The van der Waals surface area contributed by atoms with Gasteiger partial charge in [0.25, 0.3) is 5.91 Å². The number of ether oxygens (including phenoxy) is 1. The molecule has 1 amide bonds. The van der Waals surface area contributed by atoms with Gasteiger partial charge in [0.15, 0.2) is 5.13 Å². The minimum absolute atomic E-state index is 0.0491. The molecule has 0 radical (unpaired) electrons. The highest BCUT2D eigenvalue weighted by Crippen LogP contribution is 2.29. The summed E-state index contributed by atoms with van der Waals surface area (Å²) in [7, 11) is 0. The van der Waals surface area contributed by atoms with Crippen LogP contribution in [0.15, 0.2) is 0 Å². The number of amides is 1. The van der Waals surface area contributed by atoms with E-state index in [0.717, 1.165) is 18.0 Å². The van der Waals surface area contributed by atoms with Crippen LogP contribution in [-0.4, -0.2) is 36.2 Å². The molecule has 0 aromatic carbocycles. The summed E-state index contributed by atoms with van der Waals surface area (Å²) < 4.78 is 5.27. The van der Waals surface area contributed by atoms with Crippen LogP contribution < -0.4 is 16.4 Å². The molecular weight excluding hydrogens is 276 g/mol. The third-order valence-corrected chi connectivity index (χ3v) is 4.24. The fourth-order valence-electron chi connectivity index (χ4n) is 1.91. The van der Waals surface area contributed by atoms with Crippen LogP contribution in [0.2, 0.25) is 0 Å². The van der Waals surface area contributed by atoms with Crippen molar-refractivity contribution < 1.29 is 9.53 Å². The molecule has 0 saturated heterocycles. The molecule has 6 nitrogen and oxygen atoms in total. The molecule has 112 valence electrons. The first-order valence-electron chi connectivity index (χ1n) is 7.01. The zero-order valence-electron chi connectivity index (χ0n) is 11.9. The Balaban J connectivity index is 1.91. The molecule has 2 rings (SSSR count). The second-order valence-electron chi connectivity index (χ2n) is 5.04.